The standard InChI is InChI=1S/C6H13NO2.C6H12O2/c7-5-3-1-2-4-6(8)9;1-2-3-4-5-6(7)8/h1-5,7H2,(H,8,9);2-5H2,1H3,(H,7,8). The number of aliphatic carboxylic acids is 2. The van der Waals surface area contributed by atoms with Gasteiger partial charge < -0.3 is 15.9 Å². The van der Waals surface area contributed by atoms with Crippen molar-refractivity contribution in [1.29, 1.82) is 0 Å². The molecule has 5 nitrogen and oxygen atoms in total. The predicted molar refractivity (Wildman–Crippen MR) is 66.9 cm³/mol. The third-order valence-corrected chi connectivity index (χ3v) is 2.09. The lowest BCUT2D eigenvalue weighted by Crippen LogP contribution is -1.99. The lowest BCUT2D eigenvalue weighted by atomic mass is 10.2. The minimum Gasteiger partial charge on any atom is -0.481 e. The summed E-state index contributed by atoms with van der Waals surface area (Å²) >= 11 is 0. The first-order valence-corrected chi connectivity index (χ1v) is 6.18. The van der Waals surface area contributed by atoms with Gasteiger partial charge in [0.2, 0.25) is 0 Å². The van der Waals surface area contributed by atoms with Crippen molar-refractivity contribution in [2.75, 3.05) is 6.54 Å². The molecule has 0 fully saturated rings. The molecule has 0 aromatic rings. The van der Waals surface area contributed by atoms with Crippen LogP contribution in [0.2, 0.25) is 0 Å². The van der Waals surface area contributed by atoms with Crippen molar-refractivity contribution in [3.8, 4) is 0 Å². The van der Waals surface area contributed by atoms with Crippen LogP contribution >= 0.6 is 0 Å². The number of hydrogen-bond acceptors (Lipinski definition) is 3. The Balaban J connectivity index is 0. The first kappa shape index (κ1) is 18.3. The van der Waals surface area contributed by atoms with Gasteiger partial charge in [0, 0.05) is 12.8 Å². The van der Waals surface area contributed by atoms with Crippen molar-refractivity contribution < 1.29 is 19.8 Å². The second-order valence-corrected chi connectivity index (χ2v) is 3.84. The van der Waals surface area contributed by atoms with Gasteiger partial charge in [0.1, 0.15) is 0 Å². The van der Waals surface area contributed by atoms with Crippen molar-refractivity contribution in [3.05, 3.63) is 0 Å². The molecule has 4 N–H and O–H groups in total. The molecule has 0 bridgehead atoms. The summed E-state index contributed by atoms with van der Waals surface area (Å²) in [5.74, 6) is -1.40. The molecule has 17 heavy (non-hydrogen) atoms. The van der Waals surface area contributed by atoms with E-state index in [2.05, 4.69) is 6.92 Å². The highest BCUT2D eigenvalue weighted by Crippen LogP contribution is 1.97. The molecule has 0 aliphatic carbocycles. The zero-order valence-corrected chi connectivity index (χ0v) is 10.7. The lowest BCUT2D eigenvalue weighted by molar-refractivity contribution is -0.138. The van der Waals surface area contributed by atoms with Gasteiger partial charge in [0.15, 0.2) is 0 Å². The number of carbonyl (C=O) groups is 2. The Labute approximate surface area is 103 Å². The number of hydrogen-bond donors (Lipinski definition) is 3. The van der Waals surface area contributed by atoms with Crippen LogP contribution in [0, 0.1) is 0 Å². The largest absolute Gasteiger partial charge is 0.481 e. The van der Waals surface area contributed by atoms with E-state index in [1.54, 1.807) is 0 Å². The molecular weight excluding hydrogens is 222 g/mol. The van der Waals surface area contributed by atoms with E-state index in [9.17, 15) is 9.59 Å². The molecule has 0 saturated carbocycles. The third kappa shape index (κ3) is 25.3. The summed E-state index contributed by atoms with van der Waals surface area (Å²) in [5.41, 5.74) is 5.20. The van der Waals surface area contributed by atoms with E-state index in [-0.39, 0.29) is 6.42 Å². The normalized spacial score (nSPS) is 9.29. The van der Waals surface area contributed by atoms with Gasteiger partial charge in [-0.2, -0.15) is 0 Å². The Kier molecular flexibility index (Phi) is 16.0. The maximum atomic E-state index is 9.93. The summed E-state index contributed by atoms with van der Waals surface area (Å²) in [6, 6.07) is 0. The number of unbranched alkanes of at least 4 members (excludes halogenated alkanes) is 4. The van der Waals surface area contributed by atoms with Gasteiger partial charge >= 0.3 is 11.9 Å². The molecule has 0 radical (unpaired) electrons. The first-order valence-electron chi connectivity index (χ1n) is 6.18. The van der Waals surface area contributed by atoms with Crippen LogP contribution in [0.3, 0.4) is 0 Å². The average molecular weight is 247 g/mol. The SMILES string of the molecule is CCCCCC(=O)O.NCCCCCC(=O)O. The molecule has 0 aromatic carbocycles. The van der Waals surface area contributed by atoms with Gasteiger partial charge in [-0.25, -0.2) is 0 Å². The monoisotopic (exact) mass is 247 g/mol. The van der Waals surface area contributed by atoms with E-state index in [0.29, 0.717) is 13.0 Å². The molecule has 5 heteroatoms. The van der Waals surface area contributed by atoms with E-state index in [1.807, 2.05) is 0 Å². The van der Waals surface area contributed by atoms with Gasteiger partial charge in [-0.3, -0.25) is 9.59 Å². The van der Waals surface area contributed by atoms with Crippen LogP contribution in [0.4, 0.5) is 0 Å². The highest BCUT2D eigenvalue weighted by atomic mass is 16.4. The molecule has 0 spiro atoms. The van der Waals surface area contributed by atoms with Crippen LogP contribution in [0.15, 0.2) is 0 Å². The summed E-state index contributed by atoms with van der Waals surface area (Å²) in [4.78, 5) is 19.8. The predicted octanol–water partition coefficient (Wildman–Crippen LogP) is 2.24. The fourth-order valence-electron chi connectivity index (χ4n) is 1.12. The highest BCUT2D eigenvalue weighted by molar-refractivity contribution is 5.66. The molecule has 0 aromatic heterocycles. The fourth-order valence-corrected chi connectivity index (χ4v) is 1.12. The first-order chi connectivity index (χ1) is 8.04. The van der Waals surface area contributed by atoms with E-state index in [1.165, 1.54) is 0 Å². The van der Waals surface area contributed by atoms with Crippen LogP contribution in [0.25, 0.3) is 0 Å². The smallest absolute Gasteiger partial charge is 0.303 e. The second kappa shape index (κ2) is 14.9. The zero-order valence-electron chi connectivity index (χ0n) is 10.7. The van der Waals surface area contributed by atoms with Crippen molar-refractivity contribution in [3.63, 3.8) is 0 Å². The fraction of sp³-hybridized carbons (Fsp3) is 0.833. The molecule has 0 rings (SSSR count). The zero-order chi connectivity index (χ0) is 13.5. The average Bonchev–Trinajstić information content (AvgIpc) is 2.25. The van der Waals surface area contributed by atoms with E-state index < -0.39 is 11.9 Å². The van der Waals surface area contributed by atoms with Crippen molar-refractivity contribution in [1.82, 2.24) is 0 Å². The molecule has 0 heterocycles. The summed E-state index contributed by atoms with van der Waals surface area (Å²) in [5, 5.41) is 16.3. The van der Waals surface area contributed by atoms with Gasteiger partial charge in [-0.1, -0.05) is 26.2 Å². The Bertz CT molecular complexity index is 195. The van der Waals surface area contributed by atoms with E-state index in [4.69, 9.17) is 15.9 Å². The molecule has 102 valence electrons. The lowest BCUT2D eigenvalue weighted by Gasteiger charge is -1.93. The topological polar surface area (TPSA) is 101 Å². The number of nitrogens with two attached hydrogens (primary N) is 1. The summed E-state index contributed by atoms with van der Waals surface area (Å²) in [7, 11) is 0. The molecular formula is C12H25NO4. The Morgan fingerprint density at radius 3 is 1.71 bits per heavy atom. The van der Waals surface area contributed by atoms with Crippen molar-refractivity contribution in [2.24, 2.45) is 5.73 Å². The summed E-state index contributed by atoms with van der Waals surface area (Å²) in [6.45, 7) is 2.72. The molecule has 0 aliphatic rings. The minimum atomic E-state index is -0.716. The minimum absolute atomic E-state index is 0.278. The number of carboxylic acids is 2. The second-order valence-electron chi connectivity index (χ2n) is 3.84. The van der Waals surface area contributed by atoms with Crippen LogP contribution < -0.4 is 5.73 Å². The van der Waals surface area contributed by atoms with Crippen LogP contribution in [0.1, 0.15) is 58.3 Å². The Morgan fingerprint density at radius 1 is 0.882 bits per heavy atom. The van der Waals surface area contributed by atoms with E-state index in [0.717, 1.165) is 38.5 Å². The summed E-state index contributed by atoms with van der Waals surface area (Å²) < 4.78 is 0. The van der Waals surface area contributed by atoms with Gasteiger partial charge in [-0.15, -0.1) is 0 Å². The molecule has 0 atom stereocenters. The Morgan fingerprint density at radius 2 is 1.35 bits per heavy atom. The quantitative estimate of drug-likeness (QED) is 0.542. The van der Waals surface area contributed by atoms with Gasteiger partial charge in [0.05, 0.1) is 0 Å². The van der Waals surface area contributed by atoms with Crippen LogP contribution in [0.5, 0.6) is 0 Å². The third-order valence-electron chi connectivity index (χ3n) is 2.09. The highest BCUT2D eigenvalue weighted by Gasteiger charge is 1.94. The maximum Gasteiger partial charge on any atom is 0.303 e. The molecule has 0 unspecified atom stereocenters. The number of carboxylic acid groups (broad SMARTS) is 2. The number of rotatable bonds is 9. The van der Waals surface area contributed by atoms with Gasteiger partial charge in [-0.05, 0) is 25.8 Å². The molecule has 0 amide bonds. The van der Waals surface area contributed by atoms with Crippen LogP contribution in [-0.2, 0) is 9.59 Å². The van der Waals surface area contributed by atoms with Crippen molar-refractivity contribution in [2.45, 2.75) is 58.3 Å². The molecule has 0 saturated heterocycles. The summed E-state index contributed by atoms with van der Waals surface area (Å²) in [6.07, 6.45) is 6.18. The maximum absolute atomic E-state index is 9.93. The van der Waals surface area contributed by atoms with Crippen LogP contribution in [-0.4, -0.2) is 28.7 Å². The van der Waals surface area contributed by atoms with Gasteiger partial charge in [0.25, 0.3) is 0 Å². The molecule has 0 aliphatic heterocycles. The van der Waals surface area contributed by atoms with Crippen molar-refractivity contribution >= 4 is 11.9 Å². The Hall–Kier alpha value is -1.10. The van der Waals surface area contributed by atoms with E-state index >= 15 is 0 Å².